The number of sulfonamides is 1. The number of nitrogens with one attached hydrogen (secondary N) is 2. The maximum atomic E-state index is 12.3. The molecule has 0 aliphatic rings. The van der Waals surface area contributed by atoms with Crippen LogP contribution in [0.1, 0.15) is 12.5 Å². The Labute approximate surface area is 164 Å². The zero-order chi connectivity index (χ0) is 19.9. The summed E-state index contributed by atoms with van der Waals surface area (Å²) in [5, 5.41) is 3.30. The molecule has 0 radical (unpaired) electrons. The molecule has 2 rings (SSSR count). The monoisotopic (exact) mass is 408 g/mol. The average Bonchev–Trinajstić information content (AvgIpc) is 2.61. The van der Waals surface area contributed by atoms with Gasteiger partial charge in [-0.1, -0.05) is 23.7 Å². The Hall–Kier alpha value is -2.19. The highest BCUT2D eigenvalue weighted by atomic mass is 35.5. The molecule has 1 atom stereocenters. The highest BCUT2D eigenvalue weighted by Crippen LogP contribution is 2.15. The van der Waals surface area contributed by atoms with Crippen molar-refractivity contribution < 1.29 is 17.9 Å². The highest BCUT2D eigenvalue weighted by molar-refractivity contribution is 7.89. The Morgan fingerprint density at radius 3 is 2.37 bits per heavy atom. The fourth-order valence-corrected chi connectivity index (χ4v) is 3.62. The van der Waals surface area contributed by atoms with Gasteiger partial charge < -0.3 is 10.1 Å². The minimum absolute atomic E-state index is 0.111. The summed E-state index contributed by atoms with van der Waals surface area (Å²) in [6, 6.07) is 12.6. The zero-order valence-corrected chi connectivity index (χ0v) is 16.5. The van der Waals surface area contributed by atoms with Crippen molar-refractivity contribution in [2.45, 2.75) is 17.9 Å². The zero-order valence-electron chi connectivity index (χ0n) is 15.0. The van der Waals surface area contributed by atoms with Crippen molar-refractivity contribution in [3.05, 3.63) is 65.2 Å². The number of halogens is 1. The third kappa shape index (κ3) is 6.80. The van der Waals surface area contributed by atoms with Crippen LogP contribution in [0.15, 0.2) is 59.5 Å². The van der Waals surface area contributed by atoms with Gasteiger partial charge in [-0.2, -0.15) is 0 Å². The Morgan fingerprint density at radius 2 is 1.78 bits per heavy atom. The van der Waals surface area contributed by atoms with Crippen molar-refractivity contribution in [2.75, 3.05) is 19.0 Å². The normalized spacial score (nSPS) is 12.9. The van der Waals surface area contributed by atoms with Crippen LogP contribution in [-0.4, -0.2) is 34.1 Å². The van der Waals surface area contributed by atoms with E-state index in [9.17, 15) is 13.2 Å². The van der Waals surface area contributed by atoms with Crippen molar-refractivity contribution in [2.24, 2.45) is 0 Å². The number of carbonyl (C=O) groups is 1. The SMILES string of the molecule is COCC(C)NS(=O)(=O)c1ccc(NC(=O)/C=C/c2ccc(Cl)cc2)cc1. The fourth-order valence-electron chi connectivity index (χ4n) is 2.26. The molecule has 1 unspecified atom stereocenters. The van der Waals surface area contributed by atoms with Crippen molar-refractivity contribution in [3.63, 3.8) is 0 Å². The number of rotatable bonds is 8. The molecule has 8 heteroatoms. The molecule has 0 heterocycles. The third-order valence-corrected chi connectivity index (χ3v) is 5.36. The molecular formula is C19H21ClN2O4S. The predicted octanol–water partition coefficient (Wildman–Crippen LogP) is 3.31. The third-order valence-electron chi connectivity index (χ3n) is 3.50. The van der Waals surface area contributed by atoms with Gasteiger partial charge in [0.1, 0.15) is 0 Å². The molecule has 2 aromatic rings. The van der Waals surface area contributed by atoms with Crippen LogP contribution >= 0.6 is 11.6 Å². The van der Waals surface area contributed by atoms with Gasteiger partial charge in [0.05, 0.1) is 11.5 Å². The summed E-state index contributed by atoms with van der Waals surface area (Å²) in [5.74, 6) is -0.326. The van der Waals surface area contributed by atoms with Gasteiger partial charge in [-0.3, -0.25) is 4.79 Å². The second-order valence-electron chi connectivity index (χ2n) is 5.88. The van der Waals surface area contributed by atoms with Gasteiger partial charge in [0.15, 0.2) is 0 Å². The lowest BCUT2D eigenvalue weighted by Crippen LogP contribution is -2.35. The molecule has 0 saturated heterocycles. The molecule has 0 saturated carbocycles. The quantitative estimate of drug-likeness (QED) is 0.656. The number of amides is 1. The molecule has 2 N–H and O–H groups in total. The largest absolute Gasteiger partial charge is 0.383 e. The van der Waals surface area contributed by atoms with Crippen LogP contribution in [0.5, 0.6) is 0 Å². The van der Waals surface area contributed by atoms with E-state index in [2.05, 4.69) is 10.0 Å². The fraction of sp³-hybridized carbons (Fsp3) is 0.211. The van der Waals surface area contributed by atoms with E-state index < -0.39 is 10.0 Å². The summed E-state index contributed by atoms with van der Waals surface area (Å²) in [4.78, 5) is 12.1. The summed E-state index contributed by atoms with van der Waals surface area (Å²) >= 11 is 5.81. The van der Waals surface area contributed by atoms with E-state index in [0.717, 1.165) is 5.56 Å². The van der Waals surface area contributed by atoms with E-state index in [1.54, 1.807) is 37.3 Å². The first-order chi connectivity index (χ1) is 12.8. The number of hydrogen-bond acceptors (Lipinski definition) is 4. The van der Waals surface area contributed by atoms with Crippen molar-refractivity contribution >= 4 is 39.3 Å². The Morgan fingerprint density at radius 1 is 1.15 bits per heavy atom. The molecule has 0 aromatic heterocycles. The van der Waals surface area contributed by atoms with Gasteiger partial charge in [-0.15, -0.1) is 0 Å². The minimum atomic E-state index is -3.64. The number of hydrogen-bond donors (Lipinski definition) is 2. The molecule has 0 fully saturated rings. The van der Waals surface area contributed by atoms with Gasteiger partial charge in [-0.25, -0.2) is 13.1 Å². The van der Waals surface area contributed by atoms with Crippen LogP contribution in [0, 0.1) is 0 Å². The van der Waals surface area contributed by atoms with E-state index in [1.807, 2.05) is 0 Å². The molecule has 0 aliphatic heterocycles. The van der Waals surface area contributed by atoms with Crippen molar-refractivity contribution in [1.29, 1.82) is 0 Å². The maximum Gasteiger partial charge on any atom is 0.248 e. The number of benzene rings is 2. The molecule has 144 valence electrons. The predicted molar refractivity (Wildman–Crippen MR) is 107 cm³/mol. The number of ether oxygens (including phenoxy) is 1. The lowest BCUT2D eigenvalue weighted by atomic mass is 10.2. The molecule has 27 heavy (non-hydrogen) atoms. The highest BCUT2D eigenvalue weighted by Gasteiger charge is 2.17. The molecule has 0 aliphatic carbocycles. The summed E-state index contributed by atoms with van der Waals surface area (Å²) < 4.78 is 32.0. The lowest BCUT2D eigenvalue weighted by molar-refractivity contribution is -0.111. The van der Waals surface area contributed by atoms with Gasteiger partial charge in [0, 0.05) is 29.9 Å². The van der Waals surface area contributed by atoms with Crippen LogP contribution in [0.4, 0.5) is 5.69 Å². The standard InChI is InChI=1S/C19H21ClN2O4S/c1-14(13-26-2)22-27(24,25)18-10-8-17(9-11-18)21-19(23)12-5-15-3-6-16(20)7-4-15/h3-12,14,22H,13H2,1-2H3,(H,21,23)/b12-5+. The van der Waals surface area contributed by atoms with Gasteiger partial charge >= 0.3 is 0 Å². The second-order valence-corrected chi connectivity index (χ2v) is 8.03. The van der Waals surface area contributed by atoms with Crippen LogP contribution < -0.4 is 10.0 Å². The van der Waals surface area contributed by atoms with E-state index >= 15 is 0 Å². The Kier molecular flexibility index (Phi) is 7.55. The smallest absolute Gasteiger partial charge is 0.248 e. The summed E-state index contributed by atoms with van der Waals surface area (Å²) in [7, 11) is -2.14. The molecule has 0 spiro atoms. The maximum absolute atomic E-state index is 12.3. The van der Waals surface area contributed by atoms with Crippen LogP contribution in [-0.2, 0) is 19.6 Å². The first-order valence-electron chi connectivity index (χ1n) is 8.16. The van der Waals surface area contributed by atoms with E-state index in [4.69, 9.17) is 16.3 Å². The van der Waals surface area contributed by atoms with E-state index in [-0.39, 0.29) is 23.5 Å². The number of anilines is 1. The molecule has 1 amide bonds. The minimum Gasteiger partial charge on any atom is -0.383 e. The van der Waals surface area contributed by atoms with Crippen LogP contribution in [0.2, 0.25) is 5.02 Å². The number of methoxy groups -OCH3 is 1. The lowest BCUT2D eigenvalue weighted by Gasteiger charge is -2.13. The average molecular weight is 409 g/mol. The van der Waals surface area contributed by atoms with Crippen LogP contribution in [0.3, 0.4) is 0 Å². The van der Waals surface area contributed by atoms with Crippen molar-refractivity contribution in [3.8, 4) is 0 Å². The number of carbonyl (C=O) groups excluding carboxylic acids is 1. The van der Waals surface area contributed by atoms with Crippen LogP contribution in [0.25, 0.3) is 6.08 Å². The Balaban J connectivity index is 1.98. The second kappa shape index (κ2) is 9.66. The summed E-state index contributed by atoms with van der Waals surface area (Å²) in [5.41, 5.74) is 1.33. The molecule has 2 aromatic carbocycles. The summed E-state index contributed by atoms with van der Waals surface area (Å²) in [6.45, 7) is 1.98. The van der Waals surface area contributed by atoms with E-state index in [1.165, 1.54) is 37.5 Å². The van der Waals surface area contributed by atoms with Gasteiger partial charge in [-0.05, 0) is 55.0 Å². The first kappa shape index (κ1) is 21.1. The van der Waals surface area contributed by atoms with E-state index in [0.29, 0.717) is 10.7 Å². The first-order valence-corrected chi connectivity index (χ1v) is 10.0. The topological polar surface area (TPSA) is 84.5 Å². The molecular weight excluding hydrogens is 388 g/mol. The Bertz CT molecular complexity index is 894. The molecule has 0 bridgehead atoms. The summed E-state index contributed by atoms with van der Waals surface area (Å²) in [6.07, 6.45) is 3.05. The van der Waals surface area contributed by atoms with Gasteiger partial charge in [0.2, 0.25) is 15.9 Å². The van der Waals surface area contributed by atoms with Crippen molar-refractivity contribution in [1.82, 2.24) is 4.72 Å². The molecule has 6 nitrogen and oxygen atoms in total. The van der Waals surface area contributed by atoms with Gasteiger partial charge in [0.25, 0.3) is 0 Å².